The molecule has 0 aliphatic heterocycles. The summed E-state index contributed by atoms with van der Waals surface area (Å²) in [5.74, 6) is 3.45. The topological polar surface area (TPSA) is 26.3 Å². The van der Waals surface area contributed by atoms with Crippen molar-refractivity contribution in [2.45, 2.75) is 77.7 Å². The number of thioether (sulfide) groups is 1. The first kappa shape index (κ1) is 16.7. The smallest absolute Gasteiger partial charge is 0.201 e. The Hall–Kier alpha value is -0.440. The first-order valence-corrected chi connectivity index (χ1v) is 11.8. The summed E-state index contributed by atoms with van der Waals surface area (Å²) in [6.07, 6.45) is 13.5. The van der Waals surface area contributed by atoms with E-state index in [-0.39, 0.29) is 22.9 Å². The highest BCUT2D eigenvalue weighted by atomic mass is 32.2. The van der Waals surface area contributed by atoms with Gasteiger partial charge in [-0.2, -0.15) is 11.8 Å². The van der Waals surface area contributed by atoms with Gasteiger partial charge in [-0.05, 0) is 74.5 Å². The van der Waals surface area contributed by atoms with Crippen molar-refractivity contribution >= 4 is 17.5 Å². The summed E-state index contributed by atoms with van der Waals surface area (Å²) in [6.45, 7) is 4.93. The molecule has 0 radical (unpaired) electrons. The molecule has 0 N–H and O–H groups in total. The highest BCUT2D eigenvalue weighted by Gasteiger charge is 2.66. The second-order valence-corrected chi connectivity index (χ2v) is 10.9. The minimum absolute atomic E-state index is 0.228. The normalized spacial score (nSPS) is 46.8. The molecule has 2 bridgehead atoms. The summed E-state index contributed by atoms with van der Waals surface area (Å²) in [5, 5.41) is 0. The van der Waals surface area contributed by atoms with Gasteiger partial charge in [-0.25, -0.2) is 0 Å². The molecule has 0 aromatic heterocycles. The molecule has 25 heavy (non-hydrogen) atoms. The maximum Gasteiger partial charge on any atom is 0.201 e. The zero-order chi connectivity index (χ0) is 17.4. The van der Waals surface area contributed by atoms with Gasteiger partial charge in [0.05, 0.1) is 0 Å². The predicted molar refractivity (Wildman–Crippen MR) is 102 cm³/mol. The predicted octanol–water partition coefficient (Wildman–Crippen LogP) is 5.37. The molecule has 0 amide bonds. The number of allylic oxidation sites excluding steroid dienone is 2. The number of carbonyl (C=O) groups is 1. The Kier molecular flexibility index (Phi) is 3.54. The van der Waals surface area contributed by atoms with Crippen LogP contribution in [0.4, 0.5) is 0 Å². The van der Waals surface area contributed by atoms with E-state index in [9.17, 15) is 4.79 Å². The maximum atomic E-state index is 13.2. The van der Waals surface area contributed by atoms with E-state index in [2.05, 4.69) is 20.1 Å². The highest BCUT2D eigenvalue weighted by molar-refractivity contribution is 7.98. The number of rotatable bonds is 4. The van der Waals surface area contributed by atoms with Gasteiger partial charge in [-0.15, -0.1) is 0 Å². The van der Waals surface area contributed by atoms with Crippen molar-refractivity contribution < 1.29 is 9.53 Å². The molecule has 138 valence electrons. The summed E-state index contributed by atoms with van der Waals surface area (Å²) >= 11 is 1.97. The van der Waals surface area contributed by atoms with Gasteiger partial charge < -0.3 is 4.74 Å². The third-order valence-electron chi connectivity index (χ3n) is 9.27. The lowest BCUT2D eigenvalue weighted by Gasteiger charge is -2.42. The molecule has 5 aliphatic rings. The van der Waals surface area contributed by atoms with Crippen LogP contribution in [0.1, 0.15) is 71.6 Å². The van der Waals surface area contributed by atoms with E-state index in [1.807, 2.05) is 11.8 Å². The van der Waals surface area contributed by atoms with Crippen molar-refractivity contribution in [1.29, 1.82) is 0 Å². The minimum atomic E-state index is 0.228. The zero-order valence-electron chi connectivity index (χ0n) is 16.0. The third-order valence-corrected chi connectivity index (χ3v) is 10.1. The van der Waals surface area contributed by atoms with E-state index >= 15 is 0 Å². The Bertz CT molecular complexity index is 646. The molecular weight excluding hydrogens is 328 g/mol. The van der Waals surface area contributed by atoms with Crippen LogP contribution >= 0.6 is 11.8 Å². The van der Waals surface area contributed by atoms with Gasteiger partial charge in [0, 0.05) is 22.5 Å². The fraction of sp³-hybridized carbons (Fsp3) is 0.864. The molecule has 2 unspecified atom stereocenters. The third kappa shape index (κ3) is 1.87. The second-order valence-electron chi connectivity index (χ2n) is 10.0. The first-order valence-electron chi connectivity index (χ1n) is 10.4. The van der Waals surface area contributed by atoms with E-state index in [0.29, 0.717) is 11.2 Å². The summed E-state index contributed by atoms with van der Waals surface area (Å²) in [6, 6.07) is 0. The van der Waals surface area contributed by atoms with E-state index in [0.717, 1.165) is 30.9 Å². The summed E-state index contributed by atoms with van der Waals surface area (Å²) in [7, 11) is 0. The van der Waals surface area contributed by atoms with Crippen LogP contribution in [0, 0.1) is 28.1 Å². The average Bonchev–Trinajstić information content (AvgIpc) is 3.32. The van der Waals surface area contributed by atoms with E-state index < -0.39 is 0 Å². The van der Waals surface area contributed by atoms with Gasteiger partial charge in [0.2, 0.25) is 5.78 Å². The van der Waals surface area contributed by atoms with Crippen molar-refractivity contribution in [2.75, 3.05) is 12.0 Å². The number of carbonyl (C=O) groups excluding carboxylic acids is 1. The van der Waals surface area contributed by atoms with Gasteiger partial charge in [0.1, 0.15) is 6.10 Å². The lowest BCUT2D eigenvalue weighted by atomic mass is 9.69. The molecule has 5 atom stereocenters. The Balaban J connectivity index is 1.50. The van der Waals surface area contributed by atoms with Gasteiger partial charge in [-0.1, -0.05) is 20.3 Å². The quantitative estimate of drug-likeness (QED) is 0.674. The van der Waals surface area contributed by atoms with Gasteiger partial charge in [-0.3, -0.25) is 4.79 Å². The second kappa shape index (κ2) is 5.30. The van der Waals surface area contributed by atoms with Crippen molar-refractivity contribution in [2.24, 2.45) is 28.1 Å². The van der Waals surface area contributed by atoms with Gasteiger partial charge in [0.25, 0.3) is 0 Å². The van der Waals surface area contributed by atoms with Crippen LogP contribution in [-0.4, -0.2) is 23.9 Å². The van der Waals surface area contributed by atoms with Crippen molar-refractivity contribution in [3.05, 3.63) is 11.3 Å². The van der Waals surface area contributed by atoms with Gasteiger partial charge >= 0.3 is 0 Å². The number of ketones is 1. The standard InChI is InChI=1S/C22H32O2S/c1-20(2)14-8-11-22(20,13-25-3)17(12-14)24-19-16-7-5-10-21(16)9-4-6-15(21)18(19)23/h14-15,17H,4-13H2,1-3H3/t14-,15?,17-,21?,22-/m1/s1. The first-order chi connectivity index (χ1) is 12.0. The zero-order valence-corrected chi connectivity index (χ0v) is 16.8. The van der Waals surface area contributed by atoms with Crippen LogP contribution in [0.2, 0.25) is 0 Å². The molecule has 2 nitrogen and oxygen atoms in total. The molecule has 0 saturated heterocycles. The minimum Gasteiger partial charge on any atom is -0.486 e. The highest BCUT2D eigenvalue weighted by Crippen LogP contribution is 2.69. The van der Waals surface area contributed by atoms with Crippen molar-refractivity contribution in [3.63, 3.8) is 0 Å². The van der Waals surface area contributed by atoms with Crippen LogP contribution < -0.4 is 0 Å². The molecular formula is C22H32O2S. The number of fused-ring (bicyclic) bond motifs is 2. The molecule has 4 saturated carbocycles. The fourth-order valence-electron chi connectivity index (χ4n) is 7.78. The average molecular weight is 361 g/mol. The van der Waals surface area contributed by atoms with E-state index in [1.165, 1.54) is 49.9 Å². The van der Waals surface area contributed by atoms with Crippen LogP contribution in [0.25, 0.3) is 0 Å². The van der Waals surface area contributed by atoms with Gasteiger partial charge in [0.15, 0.2) is 5.76 Å². The Morgan fingerprint density at radius 2 is 1.96 bits per heavy atom. The summed E-state index contributed by atoms with van der Waals surface area (Å²) in [5.41, 5.74) is 2.28. The Morgan fingerprint density at radius 1 is 1.16 bits per heavy atom. The fourth-order valence-corrected chi connectivity index (χ4v) is 8.99. The Labute approximate surface area is 156 Å². The van der Waals surface area contributed by atoms with E-state index in [1.54, 1.807) is 0 Å². The molecule has 0 heterocycles. The number of Topliss-reactive ketones (excluding diaryl/α,β-unsaturated/α-hetero) is 1. The molecule has 4 fully saturated rings. The molecule has 5 aliphatic carbocycles. The van der Waals surface area contributed by atoms with E-state index in [4.69, 9.17) is 4.74 Å². The van der Waals surface area contributed by atoms with Crippen LogP contribution in [0.3, 0.4) is 0 Å². The lowest BCUT2D eigenvalue weighted by Crippen LogP contribution is -2.42. The monoisotopic (exact) mass is 360 g/mol. The molecule has 1 spiro atoms. The van der Waals surface area contributed by atoms with Crippen molar-refractivity contribution in [3.8, 4) is 0 Å². The van der Waals surface area contributed by atoms with Crippen LogP contribution in [0.15, 0.2) is 11.3 Å². The lowest BCUT2D eigenvalue weighted by molar-refractivity contribution is -0.125. The van der Waals surface area contributed by atoms with Crippen LogP contribution in [0.5, 0.6) is 0 Å². The number of hydrogen-bond donors (Lipinski definition) is 0. The number of ether oxygens (including phenoxy) is 1. The maximum absolute atomic E-state index is 13.2. The largest absolute Gasteiger partial charge is 0.486 e. The molecule has 0 aromatic carbocycles. The SMILES string of the molecule is CSC[C@]12CC[C@H](C[C@H]1OC1=C3CCCC34CCCC4C1=O)C2(C)C. The Morgan fingerprint density at radius 3 is 2.72 bits per heavy atom. The molecule has 3 heteroatoms. The van der Waals surface area contributed by atoms with Crippen LogP contribution in [-0.2, 0) is 9.53 Å². The molecule has 0 aromatic rings. The molecule has 5 rings (SSSR count). The summed E-state index contributed by atoms with van der Waals surface area (Å²) < 4.78 is 6.77. The number of hydrogen-bond acceptors (Lipinski definition) is 3. The summed E-state index contributed by atoms with van der Waals surface area (Å²) in [4.78, 5) is 13.2. The van der Waals surface area contributed by atoms with Crippen molar-refractivity contribution in [1.82, 2.24) is 0 Å².